The number of hydrogen-bond donors (Lipinski definition) is 2. The zero-order valence-electron chi connectivity index (χ0n) is 10.7. The van der Waals surface area contributed by atoms with Crippen molar-refractivity contribution < 1.29 is 9.84 Å². The number of ether oxygens (including phenoxy) is 1. The molecule has 0 bridgehead atoms. The second kappa shape index (κ2) is 5.71. The maximum atomic E-state index is 10.0. The van der Waals surface area contributed by atoms with E-state index in [-0.39, 0.29) is 5.54 Å². The molecular weight excluding hydrogens is 238 g/mol. The molecule has 1 atom stereocenters. The largest absolute Gasteiger partial charge is 0.495 e. The normalized spacial score (nSPS) is 13.5. The molecule has 0 aliphatic carbocycles. The van der Waals surface area contributed by atoms with Crippen molar-refractivity contribution in [2.75, 3.05) is 13.7 Å². The fourth-order valence-corrected chi connectivity index (χ4v) is 1.68. The number of rotatable bonds is 4. The first kappa shape index (κ1) is 14.3. The topological polar surface area (TPSA) is 41.5 Å². The first-order valence-electron chi connectivity index (χ1n) is 5.60. The number of β-amino-alcohol motifs (C(OH)–C–C–N with tert-alkyl or cyclic N) is 1. The molecule has 0 fully saturated rings. The van der Waals surface area contributed by atoms with Gasteiger partial charge in [0.15, 0.2) is 0 Å². The molecule has 1 aromatic rings. The third kappa shape index (κ3) is 4.54. The second-order valence-corrected chi connectivity index (χ2v) is 5.45. The van der Waals surface area contributed by atoms with Crippen molar-refractivity contribution in [3.05, 3.63) is 28.8 Å². The Labute approximate surface area is 108 Å². The van der Waals surface area contributed by atoms with Crippen molar-refractivity contribution in [2.45, 2.75) is 32.4 Å². The Kier molecular flexibility index (Phi) is 4.80. The molecule has 0 saturated carbocycles. The average Bonchev–Trinajstić information content (AvgIpc) is 2.24. The van der Waals surface area contributed by atoms with E-state index in [2.05, 4.69) is 26.1 Å². The van der Waals surface area contributed by atoms with Gasteiger partial charge < -0.3 is 15.2 Å². The van der Waals surface area contributed by atoms with Gasteiger partial charge in [0, 0.05) is 12.1 Å². The van der Waals surface area contributed by atoms with Gasteiger partial charge in [-0.3, -0.25) is 0 Å². The van der Waals surface area contributed by atoms with Gasteiger partial charge in [-0.25, -0.2) is 0 Å². The highest BCUT2D eigenvalue weighted by molar-refractivity contribution is 6.32. The number of aliphatic hydroxyl groups excluding tert-OH is 1. The van der Waals surface area contributed by atoms with Gasteiger partial charge in [0.2, 0.25) is 0 Å². The third-order valence-corrected chi connectivity index (χ3v) is 2.68. The van der Waals surface area contributed by atoms with Crippen LogP contribution in [0.4, 0.5) is 0 Å². The first-order valence-corrected chi connectivity index (χ1v) is 5.98. The van der Waals surface area contributed by atoms with E-state index in [0.717, 1.165) is 5.56 Å². The Morgan fingerprint density at radius 1 is 1.41 bits per heavy atom. The lowest BCUT2D eigenvalue weighted by Gasteiger charge is -2.23. The average molecular weight is 258 g/mol. The molecule has 0 heterocycles. The Bertz CT molecular complexity index is 374. The molecule has 0 radical (unpaired) electrons. The monoisotopic (exact) mass is 257 g/mol. The Balaban J connectivity index is 2.69. The van der Waals surface area contributed by atoms with E-state index in [1.165, 1.54) is 0 Å². The molecule has 4 heteroatoms. The van der Waals surface area contributed by atoms with Crippen molar-refractivity contribution in [1.29, 1.82) is 0 Å². The highest BCUT2D eigenvalue weighted by atomic mass is 35.5. The van der Waals surface area contributed by atoms with Gasteiger partial charge in [-0.05, 0) is 38.5 Å². The highest BCUT2D eigenvalue weighted by Gasteiger charge is 2.14. The molecule has 0 saturated heterocycles. The van der Waals surface area contributed by atoms with E-state index in [1.807, 2.05) is 6.07 Å². The lowest BCUT2D eigenvalue weighted by molar-refractivity contribution is 0.163. The summed E-state index contributed by atoms with van der Waals surface area (Å²) in [6, 6.07) is 5.31. The van der Waals surface area contributed by atoms with E-state index >= 15 is 0 Å². The van der Waals surface area contributed by atoms with E-state index in [4.69, 9.17) is 16.3 Å². The van der Waals surface area contributed by atoms with Gasteiger partial charge in [-0.15, -0.1) is 0 Å². The maximum absolute atomic E-state index is 10.0. The molecule has 0 spiro atoms. The molecule has 2 N–H and O–H groups in total. The van der Waals surface area contributed by atoms with Crippen LogP contribution >= 0.6 is 11.6 Å². The molecular formula is C13H20ClNO2. The number of hydrogen-bond acceptors (Lipinski definition) is 3. The summed E-state index contributed by atoms with van der Waals surface area (Å²) in [5.74, 6) is 0.617. The van der Waals surface area contributed by atoms with E-state index in [1.54, 1.807) is 19.2 Å². The van der Waals surface area contributed by atoms with Crippen LogP contribution in [-0.4, -0.2) is 24.3 Å². The van der Waals surface area contributed by atoms with Crippen LogP contribution < -0.4 is 10.1 Å². The van der Waals surface area contributed by atoms with Crippen LogP contribution in [0.3, 0.4) is 0 Å². The maximum Gasteiger partial charge on any atom is 0.137 e. The van der Waals surface area contributed by atoms with Crippen molar-refractivity contribution in [2.24, 2.45) is 0 Å². The number of nitrogens with one attached hydrogen (secondary N) is 1. The van der Waals surface area contributed by atoms with E-state index < -0.39 is 6.10 Å². The number of methoxy groups -OCH3 is 1. The van der Waals surface area contributed by atoms with Crippen molar-refractivity contribution in [1.82, 2.24) is 5.32 Å². The lowest BCUT2D eigenvalue weighted by Crippen LogP contribution is -2.38. The van der Waals surface area contributed by atoms with Crippen LogP contribution in [0.5, 0.6) is 5.75 Å². The molecule has 1 aromatic carbocycles. The van der Waals surface area contributed by atoms with Gasteiger partial charge >= 0.3 is 0 Å². The third-order valence-electron chi connectivity index (χ3n) is 2.39. The molecule has 3 nitrogen and oxygen atoms in total. The van der Waals surface area contributed by atoms with Crippen LogP contribution in [0.15, 0.2) is 18.2 Å². The molecule has 1 unspecified atom stereocenters. The SMILES string of the molecule is COc1ccc(C(O)CNC(C)(C)C)cc1Cl. The van der Waals surface area contributed by atoms with Gasteiger partial charge in [0.25, 0.3) is 0 Å². The van der Waals surface area contributed by atoms with Crippen LogP contribution in [0.2, 0.25) is 5.02 Å². The summed E-state index contributed by atoms with van der Waals surface area (Å²) in [7, 11) is 1.57. The van der Waals surface area contributed by atoms with Crippen LogP contribution in [0.1, 0.15) is 32.4 Å². The Morgan fingerprint density at radius 3 is 2.53 bits per heavy atom. The molecule has 96 valence electrons. The minimum Gasteiger partial charge on any atom is -0.495 e. The smallest absolute Gasteiger partial charge is 0.137 e. The summed E-state index contributed by atoms with van der Waals surface area (Å²) < 4.78 is 5.06. The van der Waals surface area contributed by atoms with Gasteiger partial charge in [-0.2, -0.15) is 0 Å². The van der Waals surface area contributed by atoms with Gasteiger partial charge in [0.1, 0.15) is 5.75 Å². The van der Waals surface area contributed by atoms with Crippen LogP contribution in [0.25, 0.3) is 0 Å². The number of halogens is 1. The summed E-state index contributed by atoms with van der Waals surface area (Å²) in [6.07, 6.45) is -0.572. The van der Waals surface area contributed by atoms with Gasteiger partial charge in [0.05, 0.1) is 18.2 Å². The quantitative estimate of drug-likeness (QED) is 0.872. The fourth-order valence-electron chi connectivity index (χ4n) is 1.41. The highest BCUT2D eigenvalue weighted by Crippen LogP contribution is 2.27. The Morgan fingerprint density at radius 2 is 2.06 bits per heavy atom. The lowest BCUT2D eigenvalue weighted by atomic mass is 10.1. The Hall–Kier alpha value is -0.770. The van der Waals surface area contributed by atoms with E-state index in [0.29, 0.717) is 17.3 Å². The summed E-state index contributed by atoms with van der Waals surface area (Å²) in [6.45, 7) is 6.66. The zero-order chi connectivity index (χ0) is 13.1. The molecule has 0 aromatic heterocycles. The first-order chi connectivity index (χ1) is 7.83. The molecule has 1 rings (SSSR count). The van der Waals surface area contributed by atoms with Crippen molar-refractivity contribution in [3.8, 4) is 5.75 Å². The van der Waals surface area contributed by atoms with Crippen molar-refractivity contribution in [3.63, 3.8) is 0 Å². The number of aliphatic hydroxyl groups is 1. The number of benzene rings is 1. The summed E-state index contributed by atoms with van der Waals surface area (Å²) in [4.78, 5) is 0. The summed E-state index contributed by atoms with van der Waals surface area (Å²) in [5.41, 5.74) is 0.768. The predicted octanol–water partition coefficient (Wildman–Crippen LogP) is 2.77. The molecule has 0 aliphatic heterocycles. The van der Waals surface area contributed by atoms with Gasteiger partial charge in [-0.1, -0.05) is 17.7 Å². The molecule has 0 amide bonds. The van der Waals surface area contributed by atoms with Crippen LogP contribution in [0, 0.1) is 0 Å². The van der Waals surface area contributed by atoms with Crippen molar-refractivity contribution >= 4 is 11.6 Å². The summed E-state index contributed by atoms with van der Waals surface area (Å²) >= 11 is 6.01. The summed E-state index contributed by atoms with van der Waals surface area (Å²) in [5, 5.41) is 13.8. The fraction of sp³-hybridized carbons (Fsp3) is 0.538. The minimum atomic E-state index is -0.572. The minimum absolute atomic E-state index is 0.0166. The standard InChI is InChI=1S/C13H20ClNO2/c1-13(2,3)15-8-11(16)9-5-6-12(17-4)10(14)7-9/h5-7,11,15-16H,8H2,1-4H3. The zero-order valence-corrected chi connectivity index (χ0v) is 11.5. The molecule has 17 heavy (non-hydrogen) atoms. The van der Waals surface area contributed by atoms with Crippen LogP contribution in [-0.2, 0) is 0 Å². The van der Waals surface area contributed by atoms with E-state index in [9.17, 15) is 5.11 Å². The molecule has 0 aliphatic rings. The predicted molar refractivity (Wildman–Crippen MR) is 70.7 cm³/mol. The second-order valence-electron chi connectivity index (χ2n) is 5.04.